The highest BCUT2D eigenvalue weighted by Crippen LogP contribution is 2.35. The van der Waals surface area contributed by atoms with Crippen LogP contribution in [-0.4, -0.2) is 58.4 Å². The molecule has 0 aliphatic carbocycles. The highest BCUT2D eigenvalue weighted by molar-refractivity contribution is 14.0. The smallest absolute Gasteiger partial charge is 0.191 e. The van der Waals surface area contributed by atoms with Crippen LogP contribution in [0.25, 0.3) is 0 Å². The summed E-state index contributed by atoms with van der Waals surface area (Å²) < 4.78 is 22.1. The Bertz CT molecular complexity index is 839. The zero-order chi connectivity index (χ0) is 22.1. The van der Waals surface area contributed by atoms with Crippen LogP contribution in [-0.2, 0) is 6.54 Å². The highest BCUT2D eigenvalue weighted by atomic mass is 127. The summed E-state index contributed by atoms with van der Waals surface area (Å²) in [5.74, 6) is 3.71. The fourth-order valence-corrected chi connectivity index (χ4v) is 3.86. The minimum atomic E-state index is 0. The van der Waals surface area contributed by atoms with E-state index >= 15 is 0 Å². The minimum absolute atomic E-state index is 0. The molecule has 0 bridgehead atoms. The number of likely N-dealkylation sites (tertiary alicyclic amines) is 1. The first-order valence-corrected chi connectivity index (χ1v) is 10.8. The van der Waals surface area contributed by atoms with Gasteiger partial charge in [-0.1, -0.05) is 0 Å². The number of rotatable bonds is 10. The summed E-state index contributed by atoms with van der Waals surface area (Å²) in [5.41, 5.74) is 0.916. The van der Waals surface area contributed by atoms with Crippen LogP contribution < -0.4 is 24.8 Å². The number of ether oxygens (including phenoxy) is 3. The Morgan fingerprint density at radius 1 is 1.06 bits per heavy atom. The molecule has 9 heteroatoms. The fourth-order valence-electron chi connectivity index (χ4n) is 3.86. The summed E-state index contributed by atoms with van der Waals surface area (Å²) >= 11 is 0. The molecule has 0 radical (unpaired) electrons. The molecule has 1 atom stereocenters. The van der Waals surface area contributed by atoms with Gasteiger partial charge in [-0.3, -0.25) is 4.90 Å². The van der Waals surface area contributed by atoms with Crippen molar-refractivity contribution < 1.29 is 18.6 Å². The Balaban J connectivity index is 0.00000363. The summed E-state index contributed by atoms with van der Waals surface area (Å²) in [4.78, 5) is 7.24. The molecule has 2 heterocycles. The van der Waals surface area contributed by atoms with Gasteiger partial charge in [-0.2, -0.15) is 0 Å². The molecule has 1 unspecified atom stereocenters. The van der Waals surface area contributed by atoms with Gasteiger partial charge < -0.3 is 29.3 Å². The first-order valence-electron chi connectivity index (χ1n) is 10.8. The van der Waals surface area contributed by atoms with Crippen molar-refractivity contribution in [1.29, 1.82) is 0 Å². The molecule has 1 aromatic heterocycles. The van der Waals surface area contributed by atoms with Crippen LogP contribution in [0, 0.1) is 0 Å². The predicted octanol–water partition coefficient (Wildman–Crippen LogP) is 3.82. The van der Waals surface area contributed by atoms with Crippen LogP contribution in [0.4, 0.5) is 0 Å². The van der Waals surface area contributed by atoms with Gasteiger partial charge in [0.25, 0.3) is 0 Å². The molecule has 178 valence electrons. The summed E-state index contributed by atoms with van der Waals surface area (Å²) in [7, 11) is 4.87. The van der Waals surface area contributed by atoms with Crippen molar-refractivity contribution in [2.24, 2.45) is 4.99 Å². The van der Waals surface area contributed by atoms with Crippen molar-refractivity contribution in [3.63, 3.8) is 0 Å². The number of furan rings is 1. The maximum absolute atomic E-state index is 5.72. The average molecular weight is 558 g/mol. The van der Waals surface area contributed by atoms with Crippen molar-refractivity contribution in [3.05, 3.63) is 41.9 Å². The zero-order valence-electron chi connectivity index (χ0n) is 19.3. The number of aliphatic imine (C=N–C) groups is 1. The predicted molar refractivity (Wildman–Crippen MR) is 137 cm³/mol. The lowest BCUT2D eigenvalue weighted by atomic mass is 10.1. The molecule has 1 aromatic carbocycles. The number of halogens is 1. The second-order valence-corrected chi connectivity index (χ2v) is 7.37. The molecule has 8 nitrogen and oxygen atoms in total. The Morgan fingerprint density at radius 3 is 2.34 bits per heavy atom. The zero-order valence-corrected chi connectivity index (χ0v) is 21.7. The molecule has 1 saturated heterocycles. The van der Waals surface area contributed by atoms with Crippen molar-refractivity contribution in [1.82, 2.24) is 15.5 Å². The molecular formula is C23H35IN4O4. The van der Waals surface area contributed by atoms with Gasteiger partial charge in [-0.15, -0.1) is 24.0 Å². The van der Waals surface area contributed by atoms with Crippen LogP contribution in [0.5, 0.6) is 17.2 Å². The van der Waals surface area contributed by atoms with E-state index in [1.807, 2.05) is 24.3 Å². The van der Waals surface area contributed by atoms with E-state index in [0.29, 0.717) is 30.3 Å². The molecule has 0 saturated carbocycles. The molecule has 3 rings (SSSR count). The Kier molecular flexibility index (Phi) is 10.9. The Morgan fingerprint density at radius 2 is 1.75 bits per heavy atom. The molecule has 2 N–H and O–H groups in total. The lowest BCUT2D eigenvalue weighted by Crippen LogP contribution is -2.42. The third kappa shape index (κ3) is 6.68. The molecular weight excluding hydrogens is 523 g/mol. The van der Waals surface area contributed by atoms with Crippen molar-refractivity contribution in [2.75, 3.05) is 47.5 Å². The van der Waals surface area contributed by atoms with E-state index in [1.165, 1.54) is 12.8 Å². The van der Waals surface area contributed by atoms with Crippen LogP contribution in [0.3, 0.4) is 0 Å². The monoisotopic (exact) mass is 558 g/mol. The van der Waals surface area contributed by atoms with Crippen LogP contribution in [0.1, 0.15) is 37.1 Å². The number of hydrogen-bond donors (Lipinski definition) is 2. The van der Waals surface area contributed by atoms with Crippen LogP contribution >= 0.6 is 24.0 Å². The van der Waals surface area contributed by atoms with E-state index in [-0.39, 0.29) is 30.0 Å². The molecule has 1 aliphatic heterocycles. The van der Waals surface area contributed by atoms with E-state index in [1.54, 1.807) is 27.6 Å². The molecule has 1 fully saturated rings. The third-order valence-corrected chi connectivity index (χ3v) is 5.45. The molecule has 0 spiro atoms. The maximum atomic E-state index is 5.72. The first-order chi connectivity index (χ1) is 15.2. The topological polar surface area (TPSA) is 80.5 Å². The van der Waals surface area contributed by atoms with Crippen molar-refractivity contribution >= 4 is 29.9 Å². The highest BCUT2D eigenvalue weighted by Gasteiger charge is 2.25. The lowest BCUT2D eigenvalue weighted by molar-refractivity contribution is 0.215. The molecule has 32 heavy (non-hydrogen) atoms. The quantitative estimate of drug-likeness (QED) is 0.261. The summed E-state index contributed by atoms with van der Waals surface area (Å²) in [5, 5.41) is 6.81. The number of hydrogen-bond acceptors (Lipinski definition) is 6. The van der Waals surface area contributed by atoms with Gasteiger partial charge >= 0.3 is 0 Å². The Labute approximate surface area is 207 Å². The number of guanidine groups is 1. The largest absolute Gasteiger partial charge is 0.496 e. The minimum Gasteiger partial charge on any atom is -0.496 e. The number of methoxy groups -OCH3 is 3. The van der Waals surface area contributed by atoms with Gasteiger partial charge in [0, 0.05) is 24.7 Å². The van der Waals surface area contributed by atoms with E-state index < -0.39 is 0 Å². The van der Waals surface area contributed by atoms with Gasteiger partial charge in [0.1, 0.15) is 11.5 Å². The van der Waals surface area contributed by atoms with E-state index in [4.69, 9.17) is 23.6 Å². The summed E-state index contributed by atoms with van der Waals surface area (Å²) in [6.07, 6.45) is 4.19. The Hall–Kier alpha value is -2.14. The normalized spacial score (nSPS) is 15.1. The second-order valence-electron chi connectivity index (χ2n) is 7.37. The summed E-state index contributed by atoms with van der Waals surface area (Å²) in [6.45, 7) is 6.15. The maximum Gasteiger partial charge on any atom is 0.191 e. The van der Waals surface area contributed by atoms with Crippen LogP contribution in [0.15, 0.2) is 39.9 Å². The molecule has 0 amide bonds. The lowest BCUT2D eigenvalue weighted by Gasteiger charge is -2.26. The standard InChI is InChI=1S/C23H34N4O4.HI/c1-5-24-23(25-15-17-13-21(29-3)22(30-4)14-20(17)28-2)26-16-18(19-9-8-12-31-19)27-10-6-7-11-27;/h8-9,12-14,18H,5-7,10-11,15-16H2,1-4H3,(H2,24,25,26);1H. The summed E-state index contributed by atoms with van der Waals surface area (Å²) in [6, 6.07) is 7.90. The fraction of sp³-hybridized carbons (Fsp3) is 0.522. The van der Waals surface area contributed by atoms with Gasteiger partial charge in [-0.05, 0) is 51.1 Å². The van der Waals surface area contributed by atoms with Crippen LogP contribution in [0.2, 0.25) is 0 Å². The van der Waals surface area contributed by atoms with Crippen molar-refractivity contribution in [2.45, 2.75) is 32.4 Å². The van der Waals surface area contributed by atoms with E-state index in [9.17, 15) is 0 Å². The first kappa shape index (κ1) is 26.1. The van der Waals surface area contributed by atoms with E-state index in [0.717, 1.165) is 36.9 Å². The second kappa shape index (κ2) is 13.4. The van der Waals surface area contributed by atoms with Crippen molar-refractivity contribution in [3.8, 4) is 17.2 Å². The third-order valence-electron chi connectivity index (χ3n) is 5.45. The molecule has 2 aromatic rings. The SMILES string of the molecule is CCNC(=NCc1cc(OC)c(OC)cc1OC)NCC(c1ccco1)N1CCCC1.I. The average Bonchev–Trinajstić information content (AvgIpc) is 3.52. The molecule has 1 aliphatic rings. The van der Waals surface area contributed by atoms with Gasteiger partial charge in [0.05, 0.1) is 40.2 Å². The number of benzene rings is 1. The number of nitrogens with one attached hydrogen (secondary N) is 2. The number of nitrogens with zero attached hydrogens (tertiary/aromatic N) is 2. The van der Waals surface area contributed by atoms with E-state index in [2.05, 4.69) is 22.5 Å². The van der Waals surface area contributed by atoms with Gasteiger partial charge in [0.15, 0.2) is 17.5 Å². The van der Waals surface area contributed by atoms with Gasteiger partial charge in [0.2, 0.25) is 0 Å². The van der Waals surface area contributed by atoms with Gasteiger partial charge in [-0.25, -0.2) is 4.99 Å².